The molecule has 4 aromatic carbocycles. The molecule has 0 atom stereocenters. The van der Waals surface area contributed by atoms with Gasteiger partial charge in [-0.2, -0.15) is 0 Å². The van der Waals surface area contributed by atoms with E-state index in [1.165, 1.54) is 5.56 Å². The number of hydrogen-bond acceptors (Lipinski definition) is 2. The summed E-state index contributed by atoms with van der Waals surface area (Å²) in [5.74, 6) is 0.350. The number of rotatable bonds is 1. The van der Waals surface area contributed by atoms with Crippen LogP contribution >= 0.6 is 0 Å². The number of para-hydroxylation sites is 1. The number of phenolic OH excluding ortho intramolecular Hbond substituents is 1. The van der Waals surface area contributed by atoms with Crippen LogP contribution in [0.3, 0.4) is 0 Å². The van der Waals surface area contributed by atoms with Gasteiger partial charge in [0.15, 0.2) is 0 Å². The Morgan fingerprint density at radius 2 is 1.21 bits per heavy atom. The maximum atomic E-state index is 9.37. The second-order valence-corrected chi connectivity index (χ2v) is 5.45. The van der Waals surface area contributed by atoms with Crippen molar-refractivity contribution in [2.45, 2.75) is 0 Å². The molecule has 0 bridgehead atoms. The average Bonchev–Trinajstić information content (AvgIpc) is 2.64. The maximum Gasteiger partial charge on any atom is 0.123 e. The molecule has 4 aromatic rings. The minimum Gasteiger partial charge on any atom is -0.507 e. The minimum absolute atomic E-state index is 0.350. The topological polar surface area (TPSA) is 46.2 Å². The summed E-state index contributed by atoms with van der Waals surface area (Å²) in [5.41, 5.74) is 8.95. The van der Waals surface area contributed by atoms with Crippen LogP contribution in [0, 0.1) is 0 Å². The Bertz CT molecular complexity index is 927. The molecule has 0 saturated heterocycles. The van der Waals surface area contributed by atoms with E-state index in [1.807, 2.05) is 78.9 Å². The van der Waals surface area contributed by atoms with Gasteiger partial charge in [0.25, 0.3) is 0 Å². The third-order valence-electron chi connectivity index (χ3n) is 3.81. The zero-order chi connectivity index (χ0) is 16.8. The summed E-state index contributed by atoms with van der Waals surface area (Å²) < 4.78 is 0. The number of fused-ring (bicyclic) bond motifs is 1. The second kappa shape index (κ2) is 7.34. The molecule has 3 N–H and O–H groups in total. The van der Waals surface area contributed by atoms with Crippen molar-refractivity contribution in [3.8, 4) is 16.9 Å². The first-order chi connectivity index (χ1) is 11.8. The monoisotopic (exact) mass is 313 g/mol. The number of aromatic hydroxyl groups is 1. The van der Waals surface area contributed by atoms with Gasteiger partial charge in [0.2, 0.25) is 0 Å². The van der Waals surface area contributed by atoms with Gasteiger partial charge in [-0.15, -0.1) is 0 Å². The molecule has 4 rings (SSSR count). The molecule has 2 heteroatoms. The van der Waals surface area contributed by atoms with E-state index in [2.05, 4.69) is 12.1 Å². The van der Waals surface area contributed by atoms with E-state index >= 15 is 0 Å². The highest BCUT2D eigenvalue weighted by atomic mass is 16.3. The number of hydrogen-bond donors (Lipinski definition) is 2. The first-order valence-electron chi connectivity index (χ1n) is 7.82. The lowest BCUT2D eigenvalue weighted by Crippen LogP contribution is -1.88. The molecule has 0 aliphatic rings. The van der Waals surface area contributed by atoms with Crippen molar-refractivity contribution >= 4 is 16.5 Å². The fourth-order valence-corrected chi connectivity index (χ4v) is 2.59. The van der Waals surface area contributed by atoms with Crippen molar-refractivity contribution in [3.63, 3.8) is 0 Å². The Kier molecular flexibility index (Phi) is 4.78. The highest BCUT2D eigenvalue weighted by molar-refractivity contribution is 5.87. The third kappa shape index (κ3) is 3.55. The van der Waals surface area contributed by atoms with Crippen LogP contribution in [0.15, 0.2) is 97.1 Å². The fraction of sp³-hybridized carbons (Fsp3) is 0. The van der Waals surface area contributed by atoms with Gasteiger partial charge in [-0.05, 0) is 23.1 Å². The Hall–Kier alpha value is -3.26. The Morgan fingerprint density at radius 3 is 1.96 bits per heavy atom. The van der Waals surface area contributed by atoms with Crippen molar-refractivity contribution < 1.29 is 5.11 Å². The van der Waals surface area contributed by atoms with E-state index < -0.39 is 0 Å². The van der Waals surface area contributed by atoms with Crippen LogP contribution < -0.4 is 5.73 Å². The van der Waals surface area contributed by atoms with E-state index in [0.29, 0.717) is 5.75 Å². The summed E-state index contributed by atoms with van der Waals surface area (Å²) in [6.45, 7) is 0. The van der Waals surface area contributed by atoms with E-state index in [0.717, 1.165) is 22.0 Å². The SMILES string of the molecule is Nc1ccccc1-c1ccccc1.Oc1cccc2ccccc12. The first kappa shape index (κ1) is 15.6. The highest BCUT2D eigenvalue weighted by Crippen LogP contribution is 2.24. The first-order valence-corrected chi connectivity index (χ1v) is 7.82. The molecule has 0 spiro atoms. The second-order valence-electron chi connectivity index (χ2n) is 5.45. The van der Waals surface area contributed by atoms with Crippen molar-refractivity contribution in [1.82, 2.24) is 0 Å². The number of nitrogens with two attached hydrogens (primary N) is 1. The Labute approximate surface area is 141 Å². The molecule has 0 aliphatic carbocycles. The van der Waals surface area contributed by atoms with Gasteiger partial charge in [-0.1, -0.05) is 84.9 Å². The van der Waals surface area contributed by atoms with E-state index in [1.54, 1.807) is 6.07 Å². The number of anilines is 1. The molecular formula is C22H19NO. The van der Waals surface area contributed by atoms with Crippen LogP contribution in [0.4, 0.5) is 5.69 Å². The van der Waals surface area contributed by atoms with Crippen LogP contribution in [-0.2, 0) is 0 Å². The molecule has 0 saturated carbocycles. The van der Waals surface area contributed by atoms with E-state index in [9.17, 15) is 5.11 Å². The van der Waals surface area contributed by atoms with Crippen LogP contribution in [0.1, 0.15) is 0 Å². The molecule has 0 aliphatic heterocycles. The normalized spacial score (nSPS) is 10.0. The number of nitrogen functional groups attached to an aromatic ring is 1. The molecular weight excluding hydrogens is 294 g/mol. The molecule has 0 amide bonds. The summed E-state index contributed by atoms with van der Waals surface area (Å²) >= 11 is 0. The van der Waals surface area contributed by atoms with Crippen LogP contribution in [0.25, 0.3) is 21.9 Å². The molecule has 0 aromatic heterocycles. The molecule has 0 heterocycles. The Balaban J connectivity index is 0.000000143. The van der Waals surface area contributed by atoms with Gasteiger partial charge >= 0.3 is 0 Å². The molecule has 2 nitrogen and oxygen atoms in total. The lowest BCUT2D eigenvalue weighted by Gasteiger charge is -2.03. The number of phenols is 1. The van der Waals surface area contributed by atoms with Crippen molar-refractivity contribution in [2.24, 2.45) is 0 Å². The molecule has 0 unspecified atom stereocenters. The largest absolute Gasteiger partial charge is 0.507 e. The van der Waals surface area contributed by atoms with Crippen molar-refractivity contribution in [1.29, 1.82) is 0 Å². The maximum absolute atomic E-state index is 9.37. The predicted molar refractivity (Wildman–Crippen MR) is 102 cm³/mol. The van der Waals surface area contributed by atoms with Gasteiger partial charge in [0, 0.05) is 16.6 Å². The molecule has 118 valence electrons. The minimum atomic E-state index is 0.350. The third-order valence-corrected chi connectivity index (χ3v) is 3.81. The Morgan fingerprint density at radius 1 is 0.583 bits per heavy atom. The molecule has 24 heavy (non-hydrogen) atoms. The summed E-state index contributed by atoms with van der Waals surface area (Å²) in [6, 6.07) is 31.3. The van der Waals surface area contributed by atoms with Crippen LogP contribution in [-0.4, -0.2) is 5.11 Å². The van der Waals surface area contributed by atoms with Crippen LogP contribution in [0.2, 0.25) is 0 Å². The standard InChI is InChI=1S/C12H11N.C10H8O/c13-12-9-5-4-8-11(12)10-6-2-1-3-7-10;11-10-7-3-5-8-4-1-2-6-9(8)10/h1-9H,13H2;1-7,11H. The quantitative estimate of drug-likeness (QED) is 0.457. The lowest BCUT2D eigenvalue weighted by molar-refractivity contribution is 0.481. The number of benzene rings is 4. The summed E-state index contributed by atoms with van der Waals surface area (Å²) in [6.07, 6.45) is 0. The van der Waals surface area contributed by atoms with Crippen molar-refractivity contribution in [3.05, 3.63) is 97.1 Å². The zero-order valence-corrected chi connectivity index (χ0v) is 13.3. The van der Waals surface area contributed by atoms with E-state index in [-0.39, 0.29) is 0 Å². The lowest BCUT2D eigenvalue weighted by atomic mass is 10.0. The highest BCUT2D eigenvalue weighted by Gasteiger charge is 1.98. The van der Waals surface area contributed by atoms with Gasteiger partial charge in [0.1, 0.15) is 5.75 Å². The zero-order valence-electron chi connectivity index (χ0n) is 13.3. The fourth-order valence-electron chi connectivity index (χ4n) is 2.59. The van der Waals surface area contributed by atoms with Crippen LogP contribution in [0.5, 0.6) is 5.75 Å². The van der Waals surface area contributed by atoms with Crippen molar-refractivity contribution in [2.75, 3.05) is 5.73 Å². The van der Waals surface area contributed by atoms with Gasteiger partial charge in [0.05, 0.1) is 0 Å². The van der Waals surface area contributed by atoms with Gasteiger partial charge < -0.3 is 10.8 Å². The molecule has 0 fully saturated rings. The summed E-state index contributed by atoms with van der Waals surface area (Å²) in [7, 11) is 0. The van der Waals surface area contributed by atoms with Gasteiger partial charge in [-0.25, -0.2) is 0 Å². The average molecular weight is 313 g/mol. The van der Waals surface area contributed by atoms with Gasteiger partial charge in [-0.3, -0.25) is 0 Å². The molecule has 0 radical (unpaired) electrons. The smallest absolute Gasteiger partial charge is 0.123 e. The summed E-state index contributed by atoms with van der Waals surface area (Å²) in [5, 5.41) is 11.4. The van der Waals surface area contributed by atoms with E-state index in [4.69, 9.17) is 5.73 Å². The summed E-state index contributed by atoms with van der Waals surface area (Å²) in [4.78, 5) is 0. The predicted octanol–water partition coefficient (Wildman–Crippen LogP) is 5.48.